The van der Waals surface area contributed by atoms with Gasteiger partial charge < -0.3 is 4.90 Å². The van der Waals surface area contributed by atoms with E-state index in [4.69, 9.17) is 15.2 Å². The van der Waals surface area contributed by atoms with Gasteiger partial charge in [0.05, 0.1) is 17.4 Å². The van der Waals surface area contributed by atoms with Gasteiger partial charge in [0.1, 0.15) is 16.5 Å². The summed E-state index contributed by atoms with van der Waals surface area (Å²) in [7, 11) is 2.07. The summed E-state index contributed by atoms with van der Waals surface area (Å²) in [5.41, 5.74) is 1.48. The van der Waals surface area contributed by atoms with Gasteiger partial charge in [-0.2, -0.15) is 5.26 Å². The van der Waals surface area contributed by atoms with Crippen LogP contribution in [0.25, 0.3) is 10.2 Å². The van der Waals surface area contributed by atoms with Crippen LogP contribution in [0.3, 0.4) is 0 Å². The van der Waals surface area contributed by atoms with Crippen molar-refractivity contribution in [3.05, 3.63) is 16.3 Å². The van der Waals surface area contributed by atoms with Gasteiger partial charge in [0.15, 0.2) is 0 Å². The van der Waals surface area contributed by atoms with E-state index in [1.54, 1.807) is 0 Å². The van der Waals surface area contributed by atoms with Crippen LogP contribution >= 0.6 is 11.3 Å². The van der Waals surface area contributed by atoms with Crippen molar-refractivity contribution in [1.82, 2.24) is 9.97 Å². The molecule has 5 heteroatoms. The predicted octanol–water partition coefficient (Wildman–Crippen LogP) is 4.04. The van der Waals surface area contributed by atoms with E-state index in [0.29, 0.717) is 5.92 Å². The summed E-state index contributed by atoms with van der Waals surface area (Å²) in [4.78, 5) is 14.7. The van der Waals surface area contributed by atoms with Crippen molar-refractivity contribution in [2.45, 2.75) is 51.4 Å². The van der Waals surface area contributed by atoms with Crippen molar-refractivity contribution < 1.29 is 0 Å². The minimum Gasteiger partial charge on any atom is -0.358 e. The van der Waals surface area contributed by atoms with Crippen molar-refractivity contribution in [3.63, 3.8) is 0 Å². The van der Waals surface area contributed by atoms with Gasteiger partial charge in [0.2, 0.25) is 0 Å². The highest BCUT2D eigenvalue weighted by Crippen LogP contribution is 2.44. The van der Waals surface area contributed by atoms with E-state index in [1.165, 1.54) is 52.8 Å². The maximum Gasteiger partial charge on any atom is 0.141 e. The molecule has 0 spiro atoms. The molecule has 0 amide bonds. The van der Waals surface area contributed by atoms with Gasteiger partial charge in [-0.25, -0.2) is 9.97 Å². The Kier molecular flexibility index (Phi) is 3.73. The molecule has 4 nitrogen and oxygen atoms in total. The second-order valence-electron chi connectivity index (χ2n) is 6.98. The number of aryl methyl sites for hydroxylation is 2. The van der Waals surface area contributed by atoms with Crippen LogP contribution in [0.2, 0.25) is 0 Å². The molecule has 1 saturated carbocycles. The molecular weight excluding hydrogens is 304 g/mol. The molecule has 120 valence electrons. The molecular formula is C18H22N4S. The third-order valence-corrected chi connectivity index (χ3v) is 6.07. The molecule has 2 heterocycles. The number of nitrogens with zero attached hydrogens (tertiary/aromatic N) is 4. The minimum absolute atomic E-state index is 0.00357. The Hall–Kier alpha value is -1.67. The van der Waals surface area contributed by atoms with E-state index in [9.17, 15) is 0 Å². The molecule has 2 aromatic heterocycles. The fraction of sp³-hybridized carbons (Fsp3) is 0.611. The highest BCUT2D eigenvalue weighted by atomic mass is 32.1. The van der Waals surface area contributed by atoms with Crippen LogP contribution in [0.1, 0.15) is 54.8 Å². The number of thiophene rings is 1. The Bertz CT molecular complexity index is 784. The second kappa shape index (κ2) is 5.76. The van der Waals surface area contributed by atoms with Crippen molar-refractivity contribution >= 4 is 27.4 Å². The van der Waals surface area contributed by atoms with E-state index >= 15 is 0 Å². The van der Waals surface area contributed by atoms with E-state index in [1.807, 2.05) is 18.3 Å². The number of anilines is 1. The van der Waals surface area contributed by atoms with Crippen LogP contribution in [-0.2, 0) is 12.8 Å². The van der Waals surface area contributed by atoms with Crippen LogP contribution in [0.4, 0.5) is 5.82 Å². The van der Waals surface area contributed by atoms with Gasteiger partial charge in [-0.1, -0.05) is 0 Å². The number of nitriles is 1. The zero-order valence-corrected chi connectivity index (χ0v) is 14.6. The van der Waals surface area contributed by atoms with E-state index < -0.39 is 0 Å². The summed E-state index contributed by atoms with van der Waals surface area (Å²) >= 11 is 1.87. The molecule has 0 unspecified atom stereocenters. The summed E-state index contributed by atoms with van der Waals surface area (Å²) in [6.45, 7) is 2.69. The van der Waals surface area contributed by atoms with Crippen LogP contribution in [0.5, 0.6) is 0 Å². The first-order valence-electron chi connectivity index (χ1n) is 8.60. The minimum atomic E-state index is 0.00357. The van der Waals surface area contributed by atoms with Crippen LogP contribution in [-0.4, -0.2) is 23.6 Å². The number of rotatable bonds is 4. The summed E-state index contributed by atoms with van der Waals surface area (Å²) < 4.78 is 0. The predicted molar refractivity (Wildman–Crippen MR) is 94.1 cm³/mol. The average Bonchev–Trinajstić information content (AvgIpc) is 3.34. The molecule has 0 N–H and O–H groups in total. The monoisotopic (exact) mass is 326 g/mol. The summed E-state index contributed by atoms with van der Waals surface area (Å²) in [5, 5.41) is 10.4. The molecule has 2 aromatic rings. The standard InChI is InChI=1S/C18H22N4S/c1-11(9-19)10-22(2)17-15-13-5-3-4-6-14(13)23-18(15)21-16(20-17)12-7-8-12/h11-12H,3-8,10H2,1-2H3/t11-/m1/s1. The fourth-order valence-corrected chi connectivity index (χ4v) is 4.76. The Balaban J connectivity index is 1.85. The Morgan fingerprint density at radius 3 is 2.83 bits per heavy atom. The number of fused-ring (bicyclic) bond motifs is 3. The third-order valence-electron chi connectivity index (χ3n) is 4.89. The molecule has 2 aliphatic carbocycles. The molecule has 1 fully saturated rings. The molecule has 0 radical (unpaired) electrons. The Morgan fingerprint density at radius 2 is 2.09 bits per heavy atom. The topological polar surface area (TPSA) is 52.8 Å². The lowest BCUT2D eigenvalue weighted by molar-refractivity contribution is 0.696. The van der Waals surface area contributed by atoms with Crippen LogP contribution in [0, 0.1) is 17.2 Å². The maximum atomic E-state index is 9.14. The maximum absolute atomic E-state index is 9.14. The number of aromatic nitrogens is 2. The lowest BCUT2D eigenvalue weighted by Crippen LogP contribution is -2.25. The van der Waals surface area contributed by atoms with Gasteiger partial charge >= 0.3 is 0 Å². The Morgan fingerprint density at radius 1 is 1.30 bits per heavy atom. The summed E-state index contributed by atoms with van der Waals surface area (Å²) in [6, 6.07) is 2.34. The molecule has 0 bridgehead atoms. The first-order valence-corrected chi connectivity index (χ1v) is 9.42. The molecule has 23 heavy (non-hydrogen) atoms. The largest absolute Gasteiger partial charge is 0.358 e. The second-order valence-corrected chi connectivity index (χ2v) is 8.07. The van der Waals surface area contributed by atoms with Crippen molar-refractivity contribution in [2.24, 2.45) is 5.92 Å². The van der Waals surface area contributed by atoms with Gasteiger partial charge in [-0.3, -0.25) is 0 Å². The molecule has 2 aliphatic rings. The van der Waals surface area contributed by atoms with Crippen molar-refractivity contribution in [1.29, 1.82) is 5.26 Å². The van der Waals surface area contributed by atoms with Crippen molar-refractivity contribution in [3.8, 4) is 6.07 Å². The average molecular weight is 326 g/mol. The first-order chi connectivity index (χ1) is 11.2. The summed E-state index contributed by atoms with van der Waals surface area (Å²) in [6.07, 6.45) is 7.33. The van der Waals surface area contributed by atoms with Crippen molar-refractivity contribution in [2.75, 3.05) is 18.5 Å². The fourth-order valence-electron chi connectivity index (χ4n) is 3.49. The van der Waals surface area contributed by atoms with Gasteiger partial charge in [0.25, 0.3) is 0 Å². The summed E-state index contributed by atoms with van der Waals surface area (Å²) in [5.74, 6) is 2.63. The molecule has 4 rings (SSSR count). The highest BCUT2D eigenvalue weighted by molar-refractivity contribution is 7.19. The SMILES string of the molecule is C[C@H](C#N)CN(C)c1nc(C2CC2)nc2sc3c(c12)CCCC3. The van der Waals surface area contributed by atoms with Gasteiger partial charge in [0, 0.05) is 24.4 Å². The van der Waals surface area contributed by atoms with Gasteiger partial charge in [-0.15, -0.1) is 11.3 Å². The van der Waals surface area contributed by atoms with Crippen LogP contribution < -0.4 is 4.90 Å². The Labute approximate surface area is 141 Å². The van der Waals surface area contributed by atoms with Gasteiger partial charge in [-0.05, 0) is 51.0 Å². The molecule has 0 aromatic carbocycles. The normalized spacial score (nSPS) is 18.5. The number of hydrogen-bond acceptors (Lipinski definition) is 5. The van der Waals surface area contributed by atoms with E-state index in [-0.39, 0.29) is 5.92 Å². The zero-order valence-electron chi connectivity index (χ0n) is 13.8. The molecule has 0 saturated heterocycles. The lowest BCUT2D eigenvalue weighted by Gasteiger charge is -2.22. The first kappa shape index (κ1) is 14.9. The molecule has 1 atom stereocenters. The number of hydrogen-bond donors (Lipinski definition) is 0. The lowest BCUT2D eigenvalue weighted by atomic mass is 9.97. The third kappa shape index (κ3) is 2.70. The van der Waals surface area contributed by atoms with E-state index in [0.717, 1.165) is 24.6 Å². The zero-order chi connectivity index (χ0) is 16.0. The van der Waals surface area contributed by atoms with Crippen LogP contribution in [0.15, 0.2) is 0 Å². The quantitative estimate of drug-likeness (QED) is 0.851. The molecule has 0 aliphatic heterocycles. The smallest absolute Gasteiger partial charge is 0.141 e. The van der Waals surface area contributed by atoms with E-state index in [2.05, 4.69) is 18.0 Å². The highest BCUT2D eigenvalue weighted by Gasteiger charge is 2.30.